The van der Waals surface area contributed by atoms with E-state index in [4.69, 9.17) is 4.74 Å². The van der Waals surface area contributed by atoms with Crippen molar-refractivity contribution in [3.8, 4) is 0 Å². The van der Waals surface area contributed by atoms with Gasteiger partial charge in [-0.3, -0.25) is 0 Å². The standard InChI is InChI=1S/C17H21NO/c1-12(2)16-11-19-17(10-18-16)15-9-5-7-13-6-3-4-8-14(13)15/h3-9,12,16-18H,10-11H2,1-2H3. The molecule has 0 spiro atoms. The third-order valence-electron chi connectivity index (χ3n) is 4.02. The Hall–Kier alpha value is -1.38. The molecule has 0 aromatic heterocycles. The molecule has 1 aliphatic rings. The summed E-state index contributed by atoms with van der Waals surface area (Å²) in [7, 11) is 0. The zero-order valence-electron chi connectivity index (χ0n) is 11.6. The summed E-state index contributed by atoms with van der Waals surface area (Å²) in [5, 5.41) is 6.20. The van der Waals surface area contributed by atoms with Crippen molar-refractivity contribution in [3.05, 3.63) is 48.0 Å². The lowest BCUT2D eigenvalue weighted by Crippen LogP contribution is -2.45. The largest absolute Gasteiger partial charge is 0.371 e. The third kappa shape index (κ3) is 2.51. The Morgan fingerprint density at radius 3 is 2.63 bits per heavy atom. The normalized spacial score (nSPS) is 23.9. The van der Waals surface area contributed by atoms with Crippen LogP contribution >= 0.6 is 0 Å². The molecule has 2 aromatic rings. The van der Waals surface area contributed by atoms with Crippen LogP contribution in [-0.2, 0) is 4.74 Å². The number of rotatable bonds is 2. The molecule has 2 heteroatoms. The van der Waals surface area contributed by atoms with Crippen molar-refractivity contribution in [2.24, 2.45) is 5.92 Å². The lowest BCUT2D eigenvalue weighted by atomic mass is 9.97. The second-order valence-electron chi connectivity index (χ2n) is 5.65. The van der Waals surface area contributed by atoms with Gasteiger partial charge in [0, 0.05) is 12.6 Å². The van der Waals surface area contributed by atoms with Gasteiger partial charge in [0.25, 0.3) is 0 Å². The Balaban J connectivity index is 1.86. The van der Waals surface area contributed by atoms with Gasteiger partial charge >= 0.3 is 0 Å². The van der Waals surface area contributed by atoms with Gasteiger partial charge in [-0.2, -0.15) is 0 Å². The smallest absolute Gasteiger partial charge is 0.0956 e. The highest BCUT2D eigenvalue weighted by atomic mass is 16.5. The van der Waals surface area contributed by atoms with E-state index in [1.165, 1.54) is 16.3 Å². The second kappa shape index (κ2) is 5.32. The minimum Gasteiger partial charge on any atom is -0.371 e. The van der Waals surface area contributed by atoms with Gasteiger partial charge in [0.2, 0.25) is 0 Å². The van der Waals surface area contributed by atoms with E-state index in [9.17, 15) is 0 Å². The van der Waals surface area contributed by atoms with Gasteiger partial charge in [-0.05, 0) is 22.3 Å². The molecule has 0 saturated carbocycles. The molecular formula is C17H21NO. The molecule has 3 rings (SSSR count). The maximum atomic E-state index is 6.08. The molecule has 100 valence electrons. The Bertz CT molecular complexity index is 551. The molecule has 2 unspecified atom stereocenters. The number of ether oxygens (including phenoxy) is 1. The zero-order valence-corrected chi connectivity index (χ0v) is 11.6. The molecular weight excluding hydrogens is 234 g/mol. The van der Waals surface area contributed by atoms with E-state index in [0.717, 1.165) is 13.2 Å². The van der Waals surface area contributed by atoms with E-state index in [1.54, 1.807) is 0 Å². The van der Waals surface area contributed by atoms with Gasteiger partial charge in [0.05, 0.1) is 12.7 Å². The fraction of sp³-hybridized carbons (Fsp3) is 0.412. The summed E-state index contributed by atoms with van der Waals surface area (Å²) < 4.78 is 6.08. The Kier molecular flexibility index (Phi) is 3.54. The van der Waals surface area contributed by atoms with Crippen molar-refractivity contribution < 1.29 is 4.74 Å². The van der Waals surface area contributed by atoms with Crippen molar-refractivity contribution >= 4 is 10.8 Å². The number of nitrogens with one attached hydrogen (secondary N) is 1. The van der Waals surface area contributed by atoms with Crippen molar-refractivity contribution in [1.82, 2.24) is 5.32 Å². The van der Waals surface area contributed by atoms with Crippen molar-refractivity contribution in [3.63, 3.8) is 0 Å². The Labute approximate surface area is 114 Å². The number of benzene rings is 2. The van der Waals surface area contributed by atoms with Crippen LogP contribution in [0, 0.1) is 5.92 Å². The summed E-state index contributed by atoms with van der Waals surface area (Å²) in [5.74, 6) is 0.619. The van der Waals surface area contributed by atoms with Crippen LogP contribution in [0.1, 0.15) is 25.5 Å². The molecule has 1 aliphatic heterocycles. The van der Waals surface area contributed by atoms with Gasteiger partial charge in [-0.1, -0.05) is 56.3 Å². The molecule has 2 atom stereocenters. The number of hydrogen-bond acceptors (Lipinski definition) is 2. The van der Waals surface area contributed by atoms with Gasteiger partial charge < -0.3 is 10.1 Å². The van der Waals surface area contributed by atoms with Crippen LogP contribution < -0.4 is 5.32 Å². The Morgan fingerprint density at radius 1 is 1.11 bits per heavy atom. The van der Waals surface area contributed by atoms with Crippen LogP contribution in [0.25, 0.3) is 10.8 Å². The molecule has 0 aliphatic carbocycles. The van der Waals surface area contributed by atoms with Crippen LogP contribution in [0.4, 0.5) is 0 Å². The topological polar surface area (TPSA) is 21.3 Å². The van der Waals surface area contributed by atoms with Crippen LogP contribution in [0.2, 0.25) is 0 Å². The monoisotopic (exact) mass is 255 g/mol. The summed E-state index contributed by atoms with van der Waals surface area (Å²) >= 11 is 0. The first-order valence-corrected chi connectivity index (χ1v) is 7.08. The van der Waals surface area contributed by atoms with Crippen LogP contribution in [0.15, 0.2) is 42.5 Å². The highest BCUT2D eigenvalue weighted by Gasteiger charge is 2.24. The van der Waals surface area contributed by atoms with E-state index in [0.29, 0.717) is 12.0 Å². The predicted octanol–water partition coefficient (Wildman–Crippen LogP) is 3.53. The molecule has 1 N–H and O–H groups in total. The van der Waals surface area contributed by atoms with E-state index in [1.807, 2.05) is 0 Å². The first kappa shape index (κ1) is 12.6. The van der Waals surface area contributed by atoms with Gasteiger partial charge in [-0.15, -0.1) is 0 Å². The quantitative estimate of drug-likeness (QED) is 0.886. The molecule has 1 heterocycles. The second-order valence-corrected chi connectivity index (χ2v) is 5.65. The van der Waals surface area contributed by atoms with Crippen molar-refractivity contribution in [2.45, 2.75) is 26.0 Å². The SMILES string of the molecule is CC(C)C1COC(c2cccc3ccccc23)CN1. The third-order valence-corrected chi connectivity index (χ3v) is 4.02. The molecule has 19 heavy (non-hydrogen) atoms. The van der Waals surface area contributed by atoms with E-state index >= 15 is 0 Å². The van der Waals surface area contributed by atoms with E-state index in [-0.39, 0.29) is 6.10 Å². The molecule has 0 radical (unpaired) electrons. The van der Waals surface area contributed by atoms with Crippen molar-refractivity contribution in [1.29, 1.82) is 0 Å². The van der Waals surface area contributed by atoms with Crippen LogP contribution in [0.3, 0.4) is 0 Å². The maximum Gasteiger partial charge on any atom is 0.0956 e. The molecule has 2 nitrogen and oxygen atoms in total. The molecule has 0 bridgehead atoms. The summed E-state index contributed by atoms with van der Waals surface area (Å²) in [5.41, 5.74) is 1.30. The Morgan fingerprint density at radius 2 is 1.89 bits per heavy atom. The molecule has 1 fully saturated rings. The van der Waals surface area contributed by atoms with Crippen LogP contribution in [-0.4, -0.2) is 19.2 Å². The molecule has 2 aromatic carbocycles. The summed E-state index contributed by atoms with van der Waals surface area (Å²) in [4.78, 5) is 0. The van der Waals surface area contributed by atoms with Gasteiger partial charge in [-0.25, -0.2) is 0 Å². The highest BCUT2D eigenvalue weighted by molar-refractivity contribution is 5.86. The molecule has 1 saturated heterocycles. The summed E-state index contributed by atoms with van der Waals surface area (Å²) in [6.07, 6.45) is 0.168. The fourth-order valence-corrected chi connectivity index (χ4v) is 2.76. The summed E-state index contributed by atoms with van der Waals surface area (Å²) in [6.45, 7) is 6.17. The number of hydrogen-bond donors (Lipinski definition) is 1. The average Bonchev–Trinajstić information content (AvgIpc) is 2.47. The molecule has 0 amide bonds. The maximum absolute atomic E-state index is 6.08. The van der Waals surface area contributed by atoms with Gasteiger partial charge in [0.15, 0.2) is 0 Å². The van der Waals surface area contributed by atoms with Crippen LogP contribution in [0.5, 0.6) is 0 Å². The number of morpholine rings is 1. The lowest BCUT2D eigenvalue weighted by Gasteiger charge is -2.33. The first-order valence-electron chi connectivity index (χ1n) is 7.08. The van der Waals surface area contributed by atoms with E-state index < -0.39 is 0 Å². The first-order chi connectivity index (χ1) is 9.25. The zero-order chi connectivity index (χ0) is 13.2. The van der Waals surface area contributed by atoms with Crippen molar-refractivity contribution in [2.75, 3.05) is 13.2 Å². The fourth-order valence-electron chi connectivity index (χ4n) is 2.76. The minimum absolute atomic E-state index is 0.168. The average molecular weight is 255 g/mol. The predicted molar refractivity (Wildman–Crippen MR) is 79.3 cm³/mol. The van der Waals surface area contributed by atoms with Gasteiger partial charge in [0.1, 0.15) is 0 Å². The summed E-state index contributed by atoms with van der Waals surface area (Å²) in [6, 6.07) is 15.5. The minimum atomic E-state index is 0.168. The highest BCUT2D eigenvalue weighted by Crippen LogP contribution is 2.28. The lowest BCUT2D eigenvalue weighted by molar-refractivity contribution is -0.00634. The number of fused-ring (bicyclic) bond motifs is 1. The van der Waals surface area contributed by atoms with E-state index in [2.05, 4.69) is 61.6 Å².